The number of nitrogens with one attached hydrogen (secondary N) is 1. The molecule has 0 saturated carbocycles. The van der Waals surface area contributed by atoms with Gasteiger partial charge in [-0.25, -0.2) is 4.98 Å². The third-order valence-corrected chi connectivity index (χ3v) is 3.93. The topological polar surface area (TPSA) is 29.3 Å². The predicted octanol–water partition coefficient (Wildman–Crippen LogP) is 2.89. The van der Waals surface area contributed by atoms with E-state index < -0.39 is 0 Å². The van der Waals surface area contributed by atoms with E-state index in [4.69, 9.17) is 0 Å². The lowest BCUT2D eigenvalue weighted by Crippen LogP contribution is -2.26. The summed E-state index contributed by atoms with van der Waals surface area (Å²) in [5, 5.41) is 3.47. The van der Waals surface area contributed by atoms with Crippen LogP contribution in [0.15, 0.2) is 30.6 Å². The average Bonchev–Trinajstić information content (AvgIpc) is 2.75. The molecular weight excluding hydrogens is 218 g/mol. The highest BCUT2D eigenvalue weighted by molar-refractivity contribution is 7.99. The van der Waals surface area contributed by atoms with Gasteiger partial charge in [0.15, 0.2) is 0 Å². The first kappa shape index (κ1) is 11.3. The summed E-state index contributed by atoms with van der Waals surface area (Å²) in [6.45, 7) is 5.41. The van der Waals surface area contributed by atoms with E-state index in [1.54, 1.807) is 0 Å². The van der Waals surface area contributed by atoms with Gasteiger partial charge in [-0.3, -0.25) is 4.40 Å². The Kier molecular flexibility index (Phi) is 3.10. The van der Waals surface area contributed by atoms with Crippen molar-refractivity contribution in [2.24, 2.45) is 0 Å². The summed E-state index contributed by atoms with van der Waals surface area (Å²) in [7, 11) is 0. The van der Waals surface area contributed by atoms with E-state index in [9.17, 15) is 0 Å². The van der Waals surface area contributed by atoms with Gasteiger partial charge < -0.3 is 5.32 Å². The maximum atomic E-state index is 4.26. The predicted molar refractivity (Wildman–Crippen MR) is 71.3 cm³/mol. The second-order valence-electron chi connectivity index (χ2n) is 4.38. The zero-order chi connectivity index (χ0) is 11.6. The van der Waals surface area contributed by atoms with E-state index in [2.05, 4.69) is 40.9 Å². The van der Waals surface area contributed by atoms with E-state index in [0.29, 0.717) is 0 Å². The molecule has 16 heavy (non-hydrogen) atoms. The van der Waals surface area contributed by atoms with Crippen molar-refractivity contribution in [1.82, 2.24) is 9.38 Å². The number of imidazole rings is 1. The molecule has 3 nitrogen and oxygen atoms in total. The number of thioether (sulfide) groups is 1. The van der Waals surface area contributed by atoms with Gasteiger partial charge >= 0.3 is 0 Å². The number of fused-ring (bicyclic) bond motifs is 1. The minimum Gasteiger partial charge on any atom is -0.370 e. The largest absolute Gasteiger partial charge is 0.370 e. The van der Waals surface area contributed by atoms with Crippen LogP contribution < -0.4 is 5.32 Å². The molecule has 0 spiro atoms. The Hall–Kier alpha value is -1.16. The van der Waals surface area contributed by atoms with Crippen LogP contribution in [0.5, 0.6) is 0 Å². The van der Waals surface area contributed by atoms with E-state index >= 15 is 0 Å². The summed E-state index contributed by atoms with van der Waals surface area (Å²) in [5.74, 6) is 1.09. The second kappa shape index (κ2) is 4.37. The fourth-order valence-electron chi connectivity index (χ4n) is 1.47. The van der Waals surface area contributed by atoms with Crippen molar-refractivity contribution in [1.29, 1.82) is 0 Å². The molecule has 0 unspecified atom stereocenters. The quantitative estimate of drug-likeness (QED) is 0.883. The standard InChI is InChI=1S/C12H17N3S/c1-12(2,16-3)9-14-11-6-4-5-10-13-7-8-15(10)11/h4-8,14H,9H2,1-3H3. The summed E-state index contributed by atoms with van der Waals surface area (Å²) < 4.78 is 2.30. The zero-order valence-electron chi connectivity index (χ0n) is 9.90. The number of anilines is 1. The van der Waals surface area contributed by atoms with Crippen LogP contribution in [0.1, 0.15) is 13.8 Å². The summed E-state index contributed by atoms with van der Waals surface area (Å²) in [4.78, 5) is 4.26. The molecular formula is C12H17N3S. The van der Waals surface area contributed by atoms with Crippen LogP contribution in [0.4, 0.5) is 5.82 Å². The maximum Gasteiger partial charge on any atom is 0.138 e. The van der Waals surface area contributed by atoms with Crippen LogP contribution in [-0.2, 0) is 0 Å². The molecule has 0 atom stereocenters. The Labute approximate surface area is 100 Å². The van der Waals surface area contributed by atoms with Gasteiger partial charge in [-0.1, -0.05) is 6.07 Å². The Morgan fingerprint density at radius 3 is 3.00 bits per heavy atom. The van der Waals surface area contributed by atoms with Crippen LogP contribution in [0, 0.1) is 0 Å². The Bertz CT molecular complexity index is 476. The third-order valence-electron chi connectivity index (χ3n) is 2.68. The van der Waals surface area contributed by atoms with Crippen molar-refractivity contribution in [2.45, 2.75) is 18.6 Å². The van der Waals surface area contributed by atoms with E-state index in [0.717, 1.165) is 18.0 Å². The van der Waals surface area contributed by atoms with Crippen molar-refractivity contribution in [3.8, 4) is 0 Å². The van der Waals surface area contributed by atoms with Crippen molar-refractivity contribution < 1.29 is 0 Å². The molecule has 2 rings (SSSR count). The van der Waals surface area contributed by atoms with Gasteiger partial charge in [0.05, 0.1) is 0 Å². The molecule has 0 aliphatic rings. The lowest BCUT2D eigenvalue weighted by atomic mass is 10.2. The molecule has 0 amide bonds. The second-order valence-corrected chi connectivity index (χ2v) is 5.90. The highest BCUT2D eigenvalue weighted by Gasteiger charge is 2.15. The molecule has 2 aromatic rings. The first-order chi connectivity index (χ1) is 7.62. The molecule has 0 aliphatic carbocycles. The van der Waals surface area contributed by atoms with Gasteiger partial charge in [0.2, 0.25) is 0 Å². The van der Waals surface area contributed by atoms with Crippen molar-refractivity contribution >= 4 is 23.2 Å². The highest BCUT2D eigenvalue weighted by Crippen LogP contribution is 2.22. The number of aromatic nitrogens is 2. The molecule has 4 heteroatoms. The molecule has 0 aliphatic heterocycles. The number of hydrogen-bond acceptors (Lipinski definition) is 3. The Morgan fingerprint density at radius 1 is 1.44 bits per heavy atom. The summed E-state index contributed by atoms with van der Waals surface area (Å²) in [5.41, 5.74) is 0.979. The van der Waals surface area contributed by atoms with Gasteiger partial charge in [0.1, 0.15) is 11.5 Å². The molecule has 0 aromatic carbocycles. The minimum atomic E-state index is 0.239. The molecule has 0 bridgehead atoms. The first-order valence-corrected chi connectivity index (χ1v) is 6.56. The SMILES string of the molecule is CSC(C)(C)CNc1cccc2nccn12. The number of nitrogens with zero attached hydrogens (tertiary/aromatic N) is 2. The van der Waals surface area contributed by atoms with Gasteiger partial charge in [0.25, 0.3) is 0 Å². The molecule has 86 valence electrons. The van der Waals surface area contributed by atoms with Gasteiger partial charge in [0, 0.05) is 23.7 Å². The highest BCUT2D eigenvalue weighted by atomic mass is 32.2. The van der Waals surface area contributed by atoms with Crippen LogP contribution >= 0.6 is 11.8 Å². The number of pyridine rings is 1. The average molecular weight is 235 g/mol. The van der Waals surface area contributed by atoms with Crippen LogP contribution in [0.2, 0.25) is 0 Å². The molecule has 0 saturated heterocycles. The fourth-order valence-corrected chi connectivity index (χ4v) is 1.68. The Morgan fingerprint density at radius 2 is 2.25 bits per heavy atom. The summed E-state index contributed by atoms with van der Waals surface area (Å²) in [6, 6.07) is 6.10. The third kappa shape index (κ3) is 2.32. The van der Waals surface area contributed by atoms with Crippen LogP contribution in [0.3, 0.4) is 0 Å². The number of rotatable bonds is 4. The zero-order valence-corrected chi connectivity index (χ0v) is 10.7. The minimum absolute atomic E-state index is 0.239. The first-order valence-electron chi connectivity index (χ1n) is 5.33. The van der Waals surface area contributed by atoms with Crippen LogP contribution in [-0.4, -0.2) is 26.9 Å². The summed E-state index contributed by atoms with van der Waals surface area (Å²) >= 11 is 1.87. The van der Waals surface area contributed by atoms with E-state index in [1.165, 1.54) is 0 Å². The van der Waals surface area contributed by atoms with Gasteiger partial charge in [-0.15, -0.1) is 0 Å². The molecule has 2 heterocycles. The normalized spacial score (nSPS) is 11.9. The van der Waals surface area contributed by atoms with E-state index in [1.807, 2.05) is 36.3 Å². The van der Waals surface area contributed by atoms with Gasteiger partial charge in [-0.05, 0) is 32.2 Å². The maximum absolute atomic E-state index is 4.26. The smallest absolute Gasteiger partial charge is 0.138 e. The molecule has 0 radical (unpaired) electrons. The Balaban J connectivity index is 2.18. The molecule has 2 aromatic heterocycles. The lowest BCUT2D eigenvalue weighted by Gasteiger charge is -2.23. The van der Waals surface area contributed by atoms with E-state index in [-0.39, 0.29) is 4.75 Å². The van der Waals surface area contributed by atoms with Crippen molar-refractivity contribution in [3.05, 3.63) is 30.6 Å². The number of hydrogen-bond donors (Lipinski definition) is 1. The van der Waals surface area contributed by atoms with Crippen molar-refractivity contribution in [3.63, 3.8) is 0 Å². The van der Waals surface area contributed by atoms with Crippen molar-refractivity contribution in [2.75, 3.05) is 18.1 Å². The molecule has 1 N–H and O–H groups in total. The monoisotopic (exact) mass is 235 g/mol. The van der Waals surface area contributed by atoms with Crippen LogP contribution in [0.25, 0.3) is 5.65 Å². The lowest BCUT2D eigenvalue weighted by molar-refractivity contribution is 0.749. The summed E-state index contributed by atoms with van der Waals surface area (Å²) in [6.07, 6.45) is 5.93. The molecule has 0 fully saturated rings. The van der Waals surface area contributed by atoms with Gasteiger partial charge in [-0.2, -0.15) is 11.8 Å². The fraction of sp³-hybridized carbons (Fsp3) is 0.417.